The van der Waals surface area contributed by atoms with Gasteiger partial charge in [0.05, 0.1) is 6.42 Å². The number of nitrogens with zero attached hydrogens (tertiary/aromatic N) is 4. The normalized spacial score (nSPS) is 15.9. The van der Waals surface area contributed by atoms with Gasteiger partial charge in [-0.25, -0.2) is 13.1 Å². The first-order valence-electron chi connectivity index (χ1n) is 5.63. The lowest BCUT2D eigenvalue weighted by Gasteiger charge is -2.20. The van der Waals surface area contributed by atoms with E-state index in [0.717, 1.165) is 17.5 Å². The van der Waals surface area contributed by atoms with Gasteiger partial charge < -0.3 is 5.11 Å². The third-order valence-electron chi connectivity index (χ3n) is 2.79. The maximum atomic E-state index is 12.5. The molecule has 1 saturated carbocycles. The molecule has 2 rings (SSSR count). The van der Waals surface area contributed by atoms with Gasteiger partial charge in [0, 0.05) is 19.6 Å². The summed E-state index contributed by atoms with van der Waals surface area (Å²) in [4.78, 5) is 10.6. The number of carboxylic acid groups (broad SMARTS) is 1. The highest BCUT2D eigenvalue weighted by Gasteiger charge is 2.40. The van der Waals surface area contributed by atoms with Crippen LogP contribution in [0.1, 0.15) is 19.3 Å². The van der Waals surface area contributed by atoms with Gasteiger partial charge in [-0.15, -0.1) is 5.10 Å². The Kier molecular flexibility index (Phi) is 3.92. The fraction of sp³-hybridized carbons (Fsp3) is 0.667. The average molecular weight is 353 g/mol. The van der Waals surface area contributed by atoms with Crippen LogP contribution in [0.4, 0.5) is 0 Å². The van der Waals surface area contributed by atoms with Crippen LogP contribution in [0.25, 0.3) is 0 Å². The van der Waals surface area contributed by atoms with E-state index in [1.807, 2.05) is 0 Å². The fourth-order valence-electron chi connectivity index (χ4n) is 1.78. The maximum Gasteiger partial charge on any atom is 0.304 e. The predicted molar refractivity (Wildman–Crippen MR) is 67.9 cm³/mol. The van der Waals surface area contributed by atoms with Gasteiger partial charge in [0.15, 0.2) is 4.60 Å². The molecule has 1 aromatic heterocycles. The van der Waals surface area contributed by atoms with Crippen molar-refractivity contribution in [2.75, 3.05) is 6.54 Å². The third-order valence-corrected chi connectivity index (χ3v) is 5.63. The van der Waals surface area contributed by atoms with Crippen molar-refractivity contribution in [2.24, 2.45) is 7.05 Å². The zero-order valence-corrected chi connectivity index (χ0v) is 12.6. The molecule has 106 valence electrons. The van der Waals surface area contributed by atoms with E-state index in [-0.39, 0.29) is 28.6 Å². The number of aromatic nitrogens is 3. The zero-order valence-electron chi connectivity index (χ0n) is 10.2. The number of aliphatic carboxylic acids is 1. The summed E-state index contributed by atoms with van der Waals surface area (Å²) in [6.07, 6.45) is 1.28. The first-order valence-corrected chi connectivity index (χ1v) is 7.86. The van der Waals surface area contributed by atoms with Crippen molar-refractivity contribution in [3.63, 3.8) is 0 Å². The molecule has 1 aromatic rings. The van der Waals surface area contributed by atoms with E-state index >= 15 is 0 Å². The number of carbonyl (C=O) groups is 1. The Morgan fingerprint density at radius 3 is 2.63 bits per heavy atom. The highest BCUT2D eigenvalue weighted by molar-refractivity contribution is 9.10. The zero-order chi connectivity index (χ0) is 14.2. The second kappa shape index (κ2) is 5.17. The van der Waals surface area contributed by atoms with Crippen molar-refractivity contribution in [2.45, 2.75) is 30.3 Å². The summed E-state index contributed by atoms with van der Waals surface area (Å²) in [5.41, 5.74) is 0. The Balaban J connectivity index is 2.32. The molecule has 19 heavy (non-hydrogen) atoms. The van der Waals surface area contributed by atoms with Crippen molar-refractivity contribution < 1.29 is 18.3 Å². The van der Waals surface area contributed by atoms with Gasteiger partial charge in [-0.3, -0.25) is 4.79 Å². The minimum Gasteiger partial charge on any atom is -0.481 e. The number of hydrogen-bond donors (Lipinski definition) is 1. The molecule has 1 aliphatic rings. The van der Waals surface area contributed by atoms with E-state index in [4.69, 9.17) is 5.11 Å². The summed E-state index contributed by atoms with van der Waals surface area (Å²) in [5, 5.41) is 15.9. The van der Waals surface area contributed by atoms with Crippen LogP contribution < -0.4 is 0 Å². The van der Waals surface area contributed by atoms with E-state index in [0.29, 0.717) is 0 Å². The highest BCUT2D eigenvalue weighted by Crippen LogP contribution is 2.33. The number of rotatable bonds is 6. The first kappa shape index (κ1) is 14.4. The van der Waals surface area contributed by atoms with Gasteiger partial charge in [-0.2, -0.15) is 4.31 Å². The Morgan fingerprint density at radius 2 is 2.21 bits per heavy atom. The monoisotopic (exact) mass is 352 g/mol. The molecule has 1 fully saturated rings. The van der Waals surface area contributed by atoms with Crippen LogP contribution in [0.3, 0.4) is 0 Å². The minimum atomic E-state index is -3.79. The fourth-order valence-corrected chi connectivity index (χ4v) is 4.50. The molecular formula is C9H13BrN4O4S. The topological polar surface area (TPSA) is 105 Å². The molecule has 8 nitrogen and oxygen atoms in total. The lowest BCUT2D eigenvalue weighted by atomic mass is 10.4. The minimum absolute atomic E-state index is 0.0417. The van der Waals surface area contributed by atoms with Crippen LogP contribution >= 0.6 is 15.9 Å². The average Bonchev–Trinajstić information content (AvgIpc) is 3.04. The molecule has 1 heterocycles. The molecule has 0 aliphatic heterocycles. The van der Waals surface area contributed by atoms with E-state index < -0.39 is 16.0 Å². The van der Waals surface area contributed by atoms with Crippen LogP contribution in [-0.4, -0.2) is 51.4 Å². The molecule has 0 amide bonds. The molecule has 1 N–H and O–H groups in total. The summed E-state index contributed by atoms with van der Waals surface area (Å²) >= 11 is 3.05. The number of hydrogen-bond acceptors (Lipinski definition) is 5. The van der Waals surface area contributed by atoms with Crippen LogP contribution in [0.5, 0.6) is 0 Å². The first-order chi connectivity index (χ1) is 8.84. The van der Waals surface area contributed by atoms with Crippen LogP contribution in [0.15, 0.2) is 9.63 Å². The molecule has 0 saturated heterocycles. The molecule has 0 atom stereocenters. The van der Waals surface area contributed by atoms with E-state index in [1.54, 1.807) is 0 Å². The third kappa shape index (κ3) is 2.95. The van der Waals surface area contributed by atoms with Crippen molar-refractivity contribution in [1.29, 1.82) is 0 Å². The van der Waals surface area contributed by atoms with Gasteiger partial charge in [0.25, 0.3) is 10.0 Å². The number of sulfonamides is 1. The molecule has 0 aromatic carbocycles. The SMILES string of the molecule is Cn1nnc(Br)c1S(=O)(=O)N(CCC(=O)O)C1CC1. The molecular weight excluding hydrogens is 340 g/mol. The van der Waals surface area contributed by atoms with E-state index in [1.165, 1.54) is 11.4 Å². The van der Waals surface area contributed by atoms with Crippen LogP contribution in [-0.2, 0) is 21.9 Å². The molecule has 0 radical (unpaired) electrons. The van der Waals surface area contributed by atoms with Gasteiger partial charge in [0.1, 0.15) is 0 Å². The Hall–Kier alpha value is -1.00. The lowest BCUT2D eigenvalue weighted by Crippen LogP contribution is -2.36. The summed E-state index contributed by atoms with van der Waals surface area (Å²) in [5.74, 6) is -1.02. The summed E-state index contributed by atoms with van der Waals surface area (Å²) in [7, 11) is -2.31. The van der Waals surface area contributed by atoms with Gasteiger partial charge in [0.2, 0.25) is 5.03 Å². The Morgan fingerprint density at radius 1 is 1.58 bits per heavy atom. The van der Waals surface area contributed by atoms with Crippen molar-refractivity contribution in [1.82, 2.24) is 19.3 Å². The van der Waals surface area contributed by atoms with Crippen molar-refractivity contribution >= 4 is 31.9 Å². The quantitative estimate of drug-likeness (QED) is 0.784. The summed E-state index contributed by atoms with van der Waals surface area (Å²) < 4.78 is 27.6. The smallest absolute Gasteiger partial charge is 0.304 e. The number of halogens is 1. The van der Waals surface area contributed by atoms with Crippen molar-refractivity contribution in [3.8, 4) is 0 Å². The summed E-state index contributed by atoms with van der Waals surface area (Å²) in [6.45, 7) is -0.0417. The lowest BCUT2D eigenvalue weighted by molar-refractivity contribution is -0.137. The molecule has 0 bridgehead atoms. The molecule has 0 unspecified atom stereocenters. The van der Waals surface area contributed by atoms with Gasteiger partial charge >= 0.3 is 5.97 Å². The number of carboxylic acids is 1. The largest absolute Gasteiger partial charge is 0.481 e. The van der Waals surface area contributed by atoms with E-state index in [9.17, 15) is 13.2 Å². The predicted octanol–water partition coefficient (Wildman–Crippen LogP) is 0.205. The Bertz CT molecular complexity index is 576. The summed E-state index contributed by atoms with van der Waals surface area (Å²) in [6, 6.07) is -0.119. The number of aryl methyl sites for hydroxylation is 1. The van der Waals surface area contributed by atoms with Crippen LogP contribution in [0, 0.1) is 0 Å². The standard InChI is InChI=1S/C9H13BrN4O4S/c1-13-9(8(10)11-12-13)19(17,18)14(6-2-3-6)5-4-7(15)16/h6H,2-5H2,1H3,(H,15,16). The van der Waals surface area contributed by atoms with Gasteiger partial charge in [-0.05, 0) is 28.8 Å². The molecule has 0 spiro atoms. The maximum absolute atomic E-state index is 12.5. The van der Waals surface area contributed by atoms with Gasteiger partial charge in [-0.1, -0.05) is 5.21 Å². The second-order valence-corrected chi connectivity index (χ2v) is 6.86. The second-order valence-electron chi connectivity index (χ2n) is 4.30. The van der Waals surface area contributed by atoms with E-state index in [2.05, 4.69) is 26.2 Å². The molecule has 1 aliphatic carbocycles. The highest BCUT2D eigenvalue weighted by atomic mass is 79.9. The van der Waals surface area contributed by atoms with Crippen molar-refractivity contribution in [3.05, 3.63) is 4.60 Å². The Labute approximate surface area is 118 Å². The molecule has 10 heteroatoms. The van der Waals surface area contributed by atoms with Crippen LogP contribution in [0.2, 0.25) is 0 Å².